The third-order valence-electron chi connectivity index (χ3n) is 2.99. The zero-order valence-corrected chi connectivity index (χ0v) is 12.6. The van der Waals surface area contributed by atoms with Gasteiger partial charge in [0.25, 0.3) is 0 Å². The van der Waals surface area contributed by atoms with Crippen LogP contribution in [0.1, 0.15) is 18.4 Å². The van der Waals surface area contributed by atoms with Gasteiger partial charge >= 0.3 is 0 Å². The summed E-state index contributed by atoms with van der Waals surface area (Å²) >= 11 is 5.28. The van der Waals surface area contributed by atoms with Crippen LogP contribution in [0.25, 0.3) is 0 Å². The fourth-order valence-electron chi connectivity index (χ4n) is 2.09. The lowest BCUT2D eigenvalue weighted by Gasteiger charge is -2.31. The second-order valence-corrected chi connectivity index (χ2v) is 6.45. The minimum Gasteiger partial charge on any atom is -0.317 e. The van der Waals surface area contributed by atoms with Gasteiger partial charge in [-0.3, -0.25) is 4.90 Å². The van der Waals surface area contributed by atoms with Crippen LogP contribution < -0.4 is 5.32 Å². The van der Waals surface area contributed by atoms with E-state index in [-0.39, 0.29) is 12.4 Å². The van der Waals surface area contributed by atoms with Crippen molar-refractivity contribution < 1.29 is 0 Å². The maximum Gasteiger partial charge on any atom is 0.0701 e. The fraction of sp³-hybridized carbons (Fsp3) is 0.636. The SMILES string of the molecule is CN(Cc1csc(Br)c1)C1CCNCC1.Cl. The molecule has 1 fully saturated rings. The highest BCUT2D eigenvalue weighted by Gasteiger charge is 2.17. The van der Waals surface area contributed by atoms with E-state index in [0.717, 1.165) is 12.6 Å². The number of hydrogen-bond donors (Lipinski definition) is 1. The maximum atomic E-state index is 3.51. The number of piperidine rings is 1. The number of hydrogen-bond acceptors (Lipinski definition) is 3. The van der Waals surface area contributed by atoms with E-state index in [1.807, 2.05) is 0 Å². The molecule has 5 heteroatoms. The maximum absolute atomic E-state index is 3.51. The van der Waals surface area contributed by atoms with Gasteiger partial charge in [0.2, 0.25) is 0 Å². The molecule has 1 aliphatic heterocycles. The monoisotopic (exact) mass is 324 g/mol. The van der Waals surface area contributed by atoms with Crippen LogP contribution in [0.3, 0.4) is 0 Å². The van der Waals surface area contributed by atoms with Gasteiger partial charge in [-0.25, -0.2) is 0 Å². The molecule has 0 bridgehead atoms. The van der Waals surface area contributed by atoms with Gasteiger partial charge in [-0.2, -0.15) is 0 Å². The van der Waals surface area contributed by atoms with Crippen LogP contribution in [-0.4, -0.2) is 31.1 Å². The lowest BCUT2D eigenvalue weighted by Crippen LogP contribution is -2.40. The van der Waals surface area contributed by atoms with Crippen molar-refractivity contribution in [3.8, 4) is 0 Å². The second kappa shape index (κ2) is 6.97. The molecule has 0 aliphatic carbocycles. The van der Waals surface area contributed by atoms with E-state index in [1.54, 1.807) is 11.3 Å². The minimum absolute atomic E-state index is 0. The highest BCUT2D eigenvalue weighted by Crippen LogP contribution is 2.22. The zero-order valence-electron chi connectivity index (χ0n) is 9.41. The summed E-state index contributed by atoms with van der Waals surface area (Å²) in [5, 5.41) is 5.64. The Bertz CT molecular complexity index is 313. The second-order valence-electron chi connectivity index (χ2n) is 4.16. The molecule has 92 valence electrons. The van der Waals surface area contributed by atoms with E-state index >= 15 is 0 Å². The van der Waals surface area contributed by atoms with E-state index in [1.165, 1.54) is 35.3 Å². The number of nitrogens with one attached hydrogen (secondary N) is 1. The molecule has 1 N–H and O–H groups in total. The summed E-state index contributed by atoms with van der Waals surface area (Å²) in [5.74, 6) is 0. The van der Waals surface area contributed by atoms with Gasteiger partial charge in [0.05, 0.1) is 3.79 Å². The lowest BCUT2D eigenvalue weighted by molar-refractivity contribution is 0.192. The predicted molar refractivity (Wildman–Crippen MR) is 76.6 cm³/mol. The van der Waals surface area contributed by atoms with Gasteiger partial charge < -0.3 is 5.32 Å². The molecule has 16 heavy (non-hydrogen) atoms. The molecule has 0 spiro atoms. The summed E-state index contributed by atoms with van der Waals surface area (Å²) in [6.07, 6.45) is 2.56. The molecular weight excluding hydrogens is 308 g/mol. The van der Waals surface area contributed by atoms with Crippen LogP contribution in [0.5, 0.6) is 0 Å². The Morgan fingerprint density at radius 2 is 2.19 bits per heavy atom. The number of thiophene rings is 1. The molecule has 0 aromatic carbocycles. The van der Waals surface area contributed by atoms with Crippen molar-refractivity contribution >= 4 is 39.7 Å². The standard InChI is InChI=1S/C11H17BrN2S.ClH/c1-14(10-2-4-13-5-3-10)7-9-6-11(12)15-8-9;/h6,8,10,13H,2-5,7H2,1H3;1H. The molecule has 2 nitrogen and oxygen atoms in total. The Morgan fingerprint density at radius 3 is 2.75 bits per heavy atom. The van der Waals surface area contributed by atoms with Crippen molar-refractivity contribution in [3.05, 3.63) is 20.8 Å². The van der Waals surface area contributed by atoms with Crippen molar-refractivity contribution in [2.24, 2.45) is 0 Å². The van der Waals surface area contributed by atoms with E-state index in [4.69, 9.17) is 0 Å². The van der Waals surface area contributed by atoms with E-state index in [9.17, 15) is 0 Å². The van der Waals surface area contributed by atoms with Gasteiger partial charge in [0.15, 0.2) is 0 Å². The summed E-state index contributed by atoms with van der Waals surface area (Å²) in [5.41, 5.74) is 1.42. The molecular formula is C11H18BrClN2S. The van der Waals surface area contributed by atoms with E-state index in [2.05, 4.69) is 44.6 Å². The van der Waals surface area contributed by atoms with Crippen molar-refractivity contribution in [3.63, 3.8) is 0 Å². The van der Waals surface area contributed by atoms with Crippen molar-refractivity contribution in [1.29, 1.82) is 0 Å². The first-order valence-corrected chi connectivity index (χ1v) is 7.07. The first-order chi connectivity index (χ1) is 7.25. The quantitative estimate of drug-likeness (QED) is 0.918. The zero-order chi connectivity index (χ0) is 10.7. The first-order valence-electron chi connectivity index (χ1n) is 5.39. The summed E-state index contributed by atoms with van der Waals surface area (Å²) < 4.78 is 1.23. The van der Waals surface area contributed by atoms with E-state index < -0.39 is 0 Å². The number of nitrogens with zero attached hydrogens (tertiary/aromatic N) is 1. The Hall–Kier alpha value is 0.390. The van der Waals surface area contributed by atoms with Gasteiger partial charge in [-0.1, -0.05) is 0 Å². The Labute approximate surface area is 116 Å². The Morgan fingerprint density at radius 1 is 1.50 bits per heavy atom. The number of rotatable bonds is 3. The normalized spacial score (nSPS) is 17.4. The lowest BCUT2D eigenvalue weighted by atomic mass is 10.1. The summed E-state index contributed by atoms with van der Waals surface area (Å²) in [4.78, 5) is 2.48. The van der Waals surface area contributed by atoms with E-state index in [0.29, 0.717) is 0 Å². The molecule has 0 unspecified atom stereocenters. The topological polar surface area (TPSA) is 15.3 Å². The highest BCUT2D eigenvalue weighted by atomic mass is 79.9. The van der Waals surface area contributed by atoms with Crippen LogP contribution in [0.15, 0.2) is 15.2 Å². The molecule has 1 aliphatic rings. The molecule has 1 saturated heterocycles. The van der Waals surface area contributed by atoms with Crippen LogP contribution >= 0.6 is 39.7 Å². The van der Waals surface area contributed by atoms with Crippen LogP contribution in [0.4, 0.5) is 0 Å². The third kappa shape index (κ3) is 4.00. The largest absolute Gasteiger partial charge is 0.317 e. The van der Waals surface area contributed by atoms with Gasteiger partial charge in [0.1, 0.15) is 0 Å². The van der Waals surface area contributed by atoms with Gasteiger partial charge in [-0.05, 0) is 65.9 Å². The predicted octanol–water partition coefficient (Wildman–Crippen LogP) is 3.12. The molecule has 2 rings (SSSR count). The highest BCUT2D eigenvalue weighted by molar-refractivity contribution is 9.11. The van der Waals surface area contributed by atoms with Crippen molar-refractivity contribution in [2.45, 2.75) is 25.4 Å². The minimum atomic E-state index is 0. The summed E-state index contributed by atoms with van der Waals surface area (Å²) in [6, 6.07) is 2.98. The van der Waals surface area contributed by atoms with Crippen LogP contribution in [-0.2, 0) is 6.54 Å². The molecule has 0 atom stereocenters. The van der Waals surface area contributed by atoms with Crippen molar-refractivity contribution in [1.82, 2.24) is 10.2 Å². The molecule has 0 radical (unpaired) electrons. The smallest absolute Gasteiger partial charge is 0.0701 e. The fourth-order valence-corrected chi connectivity index (χ4v) is 3.29. The Balaban J connectivity index is 0.00000128. The van der Waals surface area contributed by atoms with Crippen LogP contribution in [0, 0.1) is 0 Å². The van der Waals surface area contributed by atoms with Gasteiger partial charge in [0, 0.05) is 12.6 Å². The third-order valence-corrected chi connectivity index (χ3v) is 4.54. The summed E-state index contributed by atoms with van der Waals surface area (Å²) in [7, 11) is 2.24. The summed E-state index contributed by atoms with van der Waals surface area (Å²) in [6.45, 7) is 3.41. The van der Waals surface area contributed by atoms with Crippen molar-refractivity contribution in [2.75, 3.05) is 20.1 Å². The molecule has 1 aromatic rings. The first kappa shape index (κ1) is 14.5. The molecule has 1 aromatic heterocycles. The molecule has 0 amide bonds. The molecule has 2 heterocycles. The van der Waals surface area contributed by atoms with Gasteiger partial charge in [-0.15, -0.1) is 23.7 Å². The molecule has 0 saturated carbocycles. The van der Waals surface area contributed by atoms with Crippen LogP contribution in [0.2, 0.25) is 0 Å². The Kier molecular flexibility index (Phi) is 6.29. The average molecular weight is 326 g/mol. The number of halogens is 2. The average Bonchev–Trinajstić information content (AvgIpc) is 2.65.